The molecule has 1 aromatic carbocycles. The summed E-state index contributed by atoms with van der Waals surface area (Å²) >= 11 is 5.95. The maximum absolute atomic E-state index is 14.0. The Morgan fingerprint density at radius 3 is 2.56 bits per heavy atom. The Hall–Kier alpha value is -1.11. The maximum atomic E-state index is 14.0. The largest absolute Gasteiger partial charge is 0.301 e. The first-order chi connectivity index (χ1) is 8.50. The molecule has 1 saturated carbocycles. The average Bonchev–Trinajstić information content (AvgIpc) is 2.26. The molecule has 0 heterocycles. The third kappa shape index (κ3) is 2.11. The molecule has 1 fully saturated rings. The van der Waals surface area contributed by atoms with E-state index < -0.39 is 5.41 Å². The van der Waals surface area contributed by atoms with Gasteiger partial charge in [-0.25, -0.2) is 4.39 Å². The van der Waals surface area contributed by atoms with Crippen molar-refractivity contribution in [2.45, 2.75) is 25.3 Å². The van der Waals surface area contributed by atoms with Gasteiger partial charge in [0.25, 0.3) is 0 Å². The summed E-state index contributed by atoms with van der Waals surface area (Å²) in [4.78, 5) is 1.91. The van der Waals surface area contributed by atoms with Gasteiger partial charge in [0, 0.05) is 10.6 Å². The summed E-state index contributed by atoms with van der Waals surface area (Å²) in [6, 6.07) is 6.69. The molecule has 1 aliphatic rings. The predicted molar refractivity (Wildman–Crippen MR) is 69.7 cm³/mol. The molecule has 0 radical (unpaired) electrons. The van der Waals surface area contributed by atoms with Gasteiger partial charge in [-0.3, -0.25) is 0 Å². The molecule has 0 aromatic heterocycles. The third-order valence-corrected chi connectivity index (χ3v) is 4.00. The summed E-state index contributed by atoms with van der Waals surface area (Å²) < 4.78 is 14.0. The number of hydrogen-bond acceptors (Lipinski definition) is 2. The van der Waals surface area contributed by atoms with E-state index in [0.29, 0.717) is 10.6 Å². The lowest BCUT2D eigenvalue weighted by atomic mass is 9.63. The lowest BCUT2D eigenvalue weighted by Crippen LogP contribution is -2.42. The van der Waals surface area contributed by atoms with E-state index in [-0.39, 0.29) is 11.9 Å². The second kappa shape index (κ2) is 4.87. The summed E-state index contributed by atoms with van der Waals surface area (Å²) in [6.45, 7) is 0. The van der Waals surface area contributed by atoms with Crippen molar-refractivity contribution in [2.24, 2.45) is 5.41 Å². The highest BCUT2D eigenvalue weighted by molar-refractivity contribution is 6.30. The zero-order valence-corrected chi connectivity index (χ0v) is 11.3. The quantitative estimate of drug-likeness (QED) is 0.833. The van der Waals surface area contributed by atoms with Crippen LogP contribution in [0, 0.1) is 22.6 Å². The average molecular weight is 267 g/mol. The standard InChI is InChI=1S/C14H16ClFN2/c1-18(2)13(14(9-17)6-3-7-14)11-8-10(15)4-5-12(11)16/h4-5,8,13H,3,6-7H2,1-2H3. The van der Waals surface area contributed by atoms with Gasteiger partial charge in [0.1, 0.15) is 5.82 Å². The third-order valence-electron chi connectivity index (χ3n) is 3.76. The van der Waals surface area contributed by atoms with E-state index in [4.69, 9.17) is 11.6 Å². The zero-order chi connectivity index (χ0) is 13.3. The second-order valence-corrected chi connectivity index (χ2v) is 5.59. The summed E-state index contributed by atoms with van der Waals surface area (Å²) in [5.41, 5.74) is 0.0448. The normalized spacial score (nSPS) is 19.1. The first-order valence-electron chi connectivity index (χ1n) is 6.03. The minimum atomic E-state index is -0.477. The van der Waals surface area contributed by atoms with Gasteiger partial charge < -0.3 is 4.90 Å². The van der Waals surface area contributed by atoms with Gasteiger partial charge in [-0.15, -0.1) is 0 Å². The highest BCUT2D eigenvalue weighted by Crippen LogP contribution is 2.52. The van der Waals surface area contributed by atoms with Gasteiger partial charge >= 0.3 is 0 Å². The molecule has 0 saturated heterocycles. The van der Waals surface area contributed by atoms with Crippen LogP contribution in [-0.2, 0) is 0 Å². The maximum Gasteiger partial charge on any atom is 0.128 e. The van der Waals surface area contributed by atoms with Crippen molar-refractivity contribution in [3.63, 3.8) is 0 Å². The zero-order valence-electron chi connectivity index (χ0n) is 10.6. The van der Waals surface area contributed by atoms with Crippen LogP contribution in [0.5, 0.6) is 0 Å². The molecule has 0 amide bonds. The fraction of sp³-hybridized carbons (Fsp3) is 0.500. The molecular weight excluding hydrogens is 251 g/mol. The number of halogens is 2. The second-order valence-electron chi connectivity index (χ2n) is 5.15. The van der Waals surface area contributed by atoms with Crippen molar-refractivity contribution in [1.29, 1.82) is 5.26 Å². The molecule has 0 spiro atoms. The van der Waals surface area contributed by atoms with Gasteiger partial charge in [-0.1, -0.05) is 18.0 Å². The SMILES string of the molecule is CN(C)C(c1cc(Cl)ccc1F)C1(C#N)CCC1. The Morgan fingerprint density at radius 2 is 2.11 bits per heavy atom. The highest BCUT2D eigenvalue weighted by Gasteiger charge is 2.47. The molecule has 0 bridgehead atoms. The molecular formula is C14H16ClFN2. The Bertz CT molecular complexity index is 489. The molecule has 0 aliphatic heterocycles. The van der Waals surface area contributed by atoms with E-state index >= 15 is 0 Å². The van der Waals surface area contributed by atoms with Crippen LogP contribution in [-0.4, -0.2) is 19.0 Å². The van der Waals surface area contributed by atoms with Crippen molar-refractivity contribution in [3.8, 4) is 6.07 Å². The van der Waals surface area contributed by atoms with E-state index in [1.54, 1.807) is 6.07 Å². The number of hydrogen-bond donors (Lipinski definition) is 0. The van der Waals surface area contributed by atoms with Crippen molar-refractivity contribution in [2.75, 3.05) is 14.1 Å². The summed E-state index contributed by atoms with van der Waals surface area (Å²) in [5, 5.41) is 9.95. The Morgan fingerprint density at radius 1 is 1.44 bits per heavy atom. The van der Waals surface area contributed by atoms with E-state index in [9.17, 15) is 9.65 Å². The van der Waals surface area contributed by atoms with E-state index in [1.807, 2.05) is 19.0 Å². The lowest BCUT2D eigenvalue weighted by molar-refractivity contribution is 0.0724. The fourth-order valence-electron chi connectivity index (χ4n) is 2.80. The number of rotatable bonds is 3. The fourth-order valence-corrected chi connectivity index (χ4v) is 2.98. The Balaban J connectivity index is 2.49. The summed E-state index contributed by atoms with van der Waals surface area (Å²) in [7, 11) is 3.75. The molecule has 96 valence electrons. The molecule has 0 N–H and O–H groups in total. The number of nitriles is 1. The van der Waals surface area contributed by atoms with Crippen LogP contribution in [0.1, 0.15) is 30.9 Å². The van der Waals surface area contributed by atoms with Gasteiger partial charge in [0.15, 0.2) is 0 Å². The first kappa shape index (κ1) is 13.3. The van der Waals surface area contributed by atoms with Gasteiger partial charge in [0.2, 0.25) is 0 Å². The van der Waals surface area contributed by atoms with E-state index in [2.05, 4.69) is 6.07 Å². The van der Waals surface area contributed by atoms with Crippen LogP contribution in [0.15, 0.2) is 18.2 Å². The van der Waals surface area contributed by atoms with Crippen LogP contribution in [0.25, 0.3) is 0 Å². The predicted octanol–water partition coefficient (Wildman–Crippen LogP) is 3.78. The topological polar surface area (TPSA) is 27.0 Å². The van der Waals surface area contributed by atoms with E-state index in [0.717, 1.165) is 19.3 Å². The summed E-state index contributed by atoms with van der Waals surface area (Å²) in [5.74, 6) is -0.292. The van der Waals surface area contributed by atoms with Crippen molar-refractivity contribution < 1.29 is 4.39 Å². The minimum absolute atomic E-state index is 0.241. The lowest BCUT2D eigenvalue weighted by Gasteiger charge is -2.45. The van der Waals surface area contributed by atoms with Gasteiger partial charge in [0.05, 0.1) is 17.5 Å². The molecule has 1 aliphatic carbocycles. The van der Waals surface area contributed by atoms with Crippen LogP contribution in [0.4, 0.5) is 4.39 Å². The number of benzene rings is 1. The minimum Gasteiger partial charge on any atom is -0.301 e. The summed E-state index contributed by atoms with van der Waals surface area (Å²) in [6.07, 6.45) is 2.66. The van der Waals surface area contributed by atoms with Crippen LogP contribution in [0.2, 0.25) is 5.02 Å². The molecule has 1 atom stereocenters. The molecule has 18 heavy (non-hydrogen) atoms. The molecule has 1 unspecified atom stereocenters. The Kier molecular flexibility index (Phi) is 3.61. The van der Waals surface area contributed by atoms with Crippen molar-refractivity contribution >= 4 is 11.6 Å². The van der Waals surface area contributed by atoms with Gasteiger partial charge in [-0.05, 0) is 45.1 Å². The first-order valence-corrected chi connectivity index (χ1v) is 6.40. The van der Waals surface area contributed by atoms with E-state index in [1.165, 1.54) is 12.1 Å². The van der Waals surface area contributed by atoms with Gasteiger partial charge in [-0.2, -0.15) is 5.26 Å². The number of nitrogens with zero attached hydrogens (tertiary/aromatic N) is 2. The highest BCUT2D eigenvalue weighted by atomic mass is 35.5. The smallest absolute Gasteiger partial charge is 0.128 e. The molecule has 2 nitrogen and oxygen atoms in total. The monoisotopic (exact) mass is 266 g/mol. The molecule has 1 aromatic rings. The Labute approximate surface area is 112 Å². The van der Waals surface area contributed by atoms with Crippen molar-refractivity contribution in [1.82, 2.24) is 4.90 Å². The van der Waals surface area contributed by atoms with Crippen LogP contribution in [0.3, 0.4) is 0 Å². The molecule has 4 heteroatoms. The van der Waals surface area contributed by atoms with Crippen molar-refractivity contribution in [3.05, 3.63) is 34.6 Å². The van der Waals surface area contributed by atoms with Crippen LogP contribution >= 0.6 is 11.6 Å². The van der Waals surface area contributed by atoms with Crippen LogP contribution < -0.4 is 0 Å². The molecule has 2 rings (SSSR count).